The van der Waals surface area contributed by atoms with E-state index in [2.05, 4.69) is 46.1 Å². The molecular formula is C30H39ClN8O. The highest BCUT2D eigenvalue weighted by Crippen LogP contribution is 2.34. The minimum absolute atomic E-state index is 0.0247. The van der Waals surface area contributed by atoms with Crippen LogP contribution in [0, 0.1) is 0 Å². The van der Waals surface area contributed by atoms with Gasteiger partial charge in [0.1, 0.15) is 11.6 Å². The SMILES string of the molecule is C/C=C(CCN(C)c1cc(N2CCC2)nc2cc(C3CCCCN3C(=O)c3cc(Cl)ccc3CC)nn12)\N=N/C. The number of aryl methyl sites for hydroxylation is 1. The molecule has 1 amide bonds. The highest BCUT2D eigenvalue weighted by molar-refractivity contribution is 6.31. The number of amides is 1. The Balaban J connectivity index is 1.50. The number of likely N-dealkylation sites (tertiary alicyclic amines) is 1. The summed E-state index contributed by atoms with van der Waals surface area (Å²) < 4.78 is 1.93. The third-order valence-corrected chi connectivity index (χ3v) is 8.27. The van der Waals surface area contributed by atoms with E-state index in [-0.39, 0.29) is 11.9 Å². The average molecular weight is 563 g/mol. The Morgan fingerprint density at radius 2 is 2.00 bits per heavy atom. The second kappa shape index (κ2) is 12.4. The second-order valence-corrected chi connectivity index (χ2v) is 11.0. The predicted octanol–water partition coefficient (Wildman–Crippen LogP) is 6.33. The number of rotatable bonds is 9. The average Bonchev–Trinajstić information content (AvgIpc) is 3.37. The lowest BCUT2D eigenvalue weighted by Crippen LogP contribution is -2.39. The van der Waals surface area contributed by atoms with Crippen molar-refractivity contribution in [3.05, 3.63) is 63.9 Å². The van der Waals surface area contributed by atoms with Gasteiger partial charge in [-0.15, -0.1) is 0 Å². The zero-order valence-corrected chi connectivity index (χ0v) is 24.7. The number of anilines is 2. The molecule has 9 nitrogen and oxygen atoms in total. The Hall–Kier alpha value is -3.46. The van der Waals surface area contributed by atoms with Gasteiger partial charge in [-0.3, -0.25) is 4.79 Å². The van der Waals surface area contributed by atoms with Crippen LogP contribution >= 0.6 is 11.6 Å². The van der Waals surface area contributed by atoms with Crippen LogP contribution in [0.15, 0.2) is 52.3 Å². The molecule has 2 aliphatic rings. The smallest absolute Gasteiger partial charge is 0.254 e. The normalized spacial score (nSPS) is 18.0. The number of allylic oxidation sites excluding steroid dienone is 1. The number of carbonyl (C=O) groups is 1. The lowest BCUT2D eigenvalue weighted by molar-refractivity contribution is 0.0604. The topological polar surface area (TPSA) is 81.7 Å². The van der Waals surface area contributed by atoms with Crippen molar-refractivity contribution in [2.75, 3.05) is 50.1 Å². The molecule has 3 aromatic rings. The molecule has 10 heteroatoms. The van der Waals surface area contributed by atoms with Crippen molar-refractivity contribution in [3.63, 3.8) is 0 Å². The molecule has 2 fully saturated rings. The number of hydrogen-bond acceptors (Lipinski definition) is 7. The van der Waals surface area contributed by atoms with Crippen LogP contribution in [0.25, 0.3) is 5.65 Å². The molecule has 0 N–H and O–H groups in total. The third kappa shape index (κ3) is 5.70. The van der Waals surface area contributed by atoms with E-state index in [4.69, 9.17) is 21.7 Å². The van der Waals surface area contributed by atoms with Crippen LogP contribution in [0.3, 0.4) is 0 Å². The Bertz CT molecular complexity index is 1430. The van der Waals surface area contributed by atoms with E-state index in [1.165, 1.54) is 6.42 Å². The summed E-state index contributed by atoms with van der Waals surface area (Å²) in [7, 11) is 3.77. The van der Waals surface area contributed by atoms with Crippen molar-refractivity contribution in [2.24, 2.45) is 10.2 Å². The standard InChI is InChI=1S/C30H39ClN8O/c1-5-21-11-12-22(31)18-24(21)30(40)38-16-8-7-10-26(38)25-19-28-33-27(37-14-9-15-37)20-29(39(28)35-25)36(4)17-13-23(6-2)34-32-3/h6,11-12,18-20,26H,5,7-10,13-17H2,1-4H3/b23-6-,34-32-. The number of fused-ring (bicyclic) bond motifs is 1. The molecule has 5 rings (SSSR count). The van der Waals surface area contributed by atoms with Crippen LogP contribution in [0.5, 0.6) is 0 Å². The van der Waals surface area contributed by atoms with Crippen molar-refractivity contribution in [1.82, 2.24) is 19.5 Å². The minimum atomic E-state index is -0.114. The summed E-state index contributed by atoms with van der Waals surface area (Å²) in [6, 6.07) is 9.71. The quantitative estimate of drug-likeness (QED) is 0.284. The summed E-state index contributed by atoms with van der Waals surface area (Å²) in [6.07, 6.45) is 7.62. The molecule has 0 spiro atoms. The van der Waals surface area contributed by atoms with Gasteiger partial charge in [-0.05, 0) is 56.7 Å². The van der Waals surface area contributed by atoms with E-state index in [9.17, 15) is 4.79 Å². The zero-order valence-electron chi connectivity index (χ0n) is 24.0. The molecule has 212 valence electrons. The maximum atomic E-state index is 13.9. The summed E-state index contributed by atoms with van der Waals surface area (Å²) in [4.78, 5) is 25.4. The van der Waals surface area contributed by atoms with Crippen molar-refractivity contribution < 1.29 is 4.79 Å². The fraction of sp³-hybridized carbons (Fsp3) is 0.500. The lowest BCUT2D eigenvalue weighted by Gasteiger charge is -2.35. The first-order valence-electron chi connectivity index (χ1n) is 14.3. The van der Waals surface area contributed by atoms with Gasteiger partial charge in [-0.25, -0.2) is 4.98 Å². The maximum absolute atomic E-state index is 13.9. The molecule has 0 aliphatic carbocycles. The summed E-state index contributed by atoms with van der Waals surface area (Å²) in [6.45, 7) is 7.54. The van der Waals surface area contributed by atoms with Gasteiger partial charge in [0, 0.05) is 69.4 Å². The number of piperidine rings is 1. The van der Waals surface area contributed by atoms with Crippen LogP contribution < -0.4 is 9.80 Å². The molecule has 40 heavy (non-hydrogen) atoms. The lowest BCUT2D eigenvalue weighted by atomic mass is 9.96. The predicted molar refractivity (Wildman–Crippen MR) is 161 cm³/mol. The largest absolute Gasteiger partial charge is 0.359 e. The van der Waals surface area contributed by atoms with Gasteiger partial charge in [-0.2, -0.15) is 19.8 Å². The van der Waals surface area contributed by atoms with Gasteiger partial charge in [0.15, 0.2) is 5.65 Å². The monoisotopic (exact) mass is 562 g/mol. The number of hydrogen-bond donors (Lipinski definition) is 0. The van der Waals surface area contributed by atoms with Gasteiger partial charge >= 0.3 is 0 Å². The summed E-state index contributed by atoms with van der Waals surface area (Å²) in [5.74, 6) is 1.96. The molecule has 1 atom stereocenters. The molecule has 2 aliphatic heterocycles. The van der Waals surface area contributed by atoms with E-state index in [1.807, 2.05) is 40.6 Å². The van der Waals surface area contributed by atoms with Gasteiger partial charge in [-0.1, -0.05) is 30.7 Å². The Morgan fingerprint density at radius 3 is 2.70 bits per heavy atom. The van der Waals surface area contributed by atoms with Crippen molar-refractivity contribution in [2.45, 2.75) is 58.4 Å². The molecule has 0 bridgehead atoms. The summed E-state index contributed by atoms with van der Waals surface area (Å²) >= 11 is 6.32. The zero-order chi connectivity index (χ0) is 28.2. The molecule has 2 aromatic heterocycles. The van der Waals surface area contributed by atoms with E-state index in [0.29, 0.717) is 17.1 Å². The first kappa shape index (κ1) is 28.1. The van der Waals surface area contributed by atoms with E-state index in [0.717, 1.165) is 86.0 Å². The van der Waals surface area contributed by atoms with Crippen LogP contribution in [-0.2, 0) is 6.42 Å². The van der Waals surface area contributed by atoms with Crippen LogP contribution in [-0.4, -0.2) is 65.7 Å². The maximum Gasteiger partial charge on any atom is 0.254 e. The minimum Gasteiger partial charge on any atom is -0.359 e. The molecule has 2 saturated heterocycles. The van der Waals surface area contributed by atoms with Crippen molar-refractivity contribution in [1.29, 1.82) is 0 Å². The summed E-state index contributed by atoms with van der Waals surface area (Å²) in [5.41, 5.74) is 4.34. The van der Waals surface area contributed by atoms with E-state index in [1.54, 1.807) is 7.05 Å². The highest BCUT2D eigenvalue weighted by Gasteiger charge is 2.32. The second-order valence-electron chi connectivity index (χ2n) is 10.6. The third-order valence-electron chi connectivity index (χ3n) is 8.04. The van der Waals surface area contributed by atoms with Gasteiger partial charge in [0.2, 0.25) is 0 Å². The van der Waals surface area contributed by atoms with Crippen LogP contribution in [0.4, 0.5) is 11.6 Å². The molecule has 1 aromatic carbocycles. The number of carbonyl (C=O) groups excluding carboxylic acids is 1. The number of benzene rings is 1. The summed E-state index contributed by atoms with van der Waals surface area (Å²) in [5, 5.41) is 13.9. The van der Waals surface area contributed by atoms with Crippen molar-refractivity contribution in [3.8, 4) is 0 Å². The first-order valence-corrected chi connectivity index (χ1v) is 14.7. The Morgan fingerprint density at radius 1 is 1.18 bits per heavy atom. The molecule has 0 saturated carbocycles. The van der Waals surface area contributed by atoms with Gasteiger partial charge in [0.05, 0.1) is 17.4 Å². The molecular weight excluding hydrogens is 524 g/mol. The fourth-order valence-electron chi connectivity index (χ4n) is 5.58. The van der Waals surface area contributed by atoms with E-state index >= 15 is 0 Å². The van der Waals surface area contributed by atoms with Crippen LogP contribution in [0.1, 0.15) is 73.6 Å². The van der Waals surface area contributed by atoms with Crippen molar-refractivity contribution >= 4 is 34.8 Å². The van der Waals surface area contributed by atoms with Gasteiger partial charge in [0.25, 0.3) is 5.91 Å². The number of halogens is 1. The Kier molecular flexibility index (Phi) is 8.69. The molecule has 0 radical (unpaired) electrons. The van der Waals surface area contributed by atoms with Crippen LogP contribution in [0.2, 0.25) is 5.02 Å². The first-order chi connectivity index (χ1) is 19.4. The van der Waals surface area contributed by atoms with Gasteiger partial charge < -0.3 is 14.7 Å². The fourth-order valence-corrected chi connectivity index (χ4v) is 5.75. The Labute approximate surface area is 241 Å². The highest BCUT2D eigenvalue weighted by atomic mass is 35.5. The number of aromatic nitrogens is 3. The number of azo groups is 1. The number of nitrogens with zero attached hydrogens (tertiary/aromatic N) is 8. The molecule has 1 unspecified atom stereocenters. The van der Waals surface area contributed by atoms with E-state index < -0.39 is 0 Å². The molecule has 4 heterocycles.